The third kappa shape index (κ3) is 3.94. The molecule has 0 aliphatic carbocycles. The summed E-state index contributed by atoms with van der Waals surface area (Å²) in [6, 6.07) is 3.89. The Balaban J connectivity index is 1.44. The topological polar surface area (TPSA) is 65.4 Å². The highest BCUT2D eigenvalue weighted by Crippen LogP contribution is 2.28. The molecule has 4 rings (SSSR count). The zero-order valence-corrected chi connectivity index (χ0v) is 15.7. The average Bonchev–Trinajstić information content (AvgIpc) is 3.10. The number of aromatic nitrogens is 2. The first-order valence-electron chi connectivity index (χ1n) is 9.55. The predicted molar refractivity (Wildman–Crippen MR) is 97.0 cm³/mol. The number of hydrogen-bond acceptors (Lipinski definition) is 5. The summed E-state index contributed by atoms with van der Waals surface area (Å²) in [5.74, 6) is 1.15. The maximum absolute atomic E-state index is 12.8. The van der Waals surface area contributed by atoms with Crippen LogP contribution < -0.4 is 10.5 Å². The lowest BCUT2D eigenvalue weighted by Crippen LogP contribution is -2.36. The van der Waals surface area contributed by atoms with Gasteiger partial charge in [-0.25, -0.2) is 4.98 Å². The number of alkyl halides is 3. The van der Waals surface area contributed by atoms with Gasteiger partial charge in [-0.1, -0.05) is 6.92 Å². The molecule has 2 aliphatic rings. The number of nitrogens with one attached hydrogen (secondary N) is 1. The molecule has 9 heteroatoms. The predicted octanol–water partition coefficient (Wildman–Crippen LogP) is 3.18. The van der Waals surface area contributed by atoms with E-state index in [4.69, 9.17) is 4.42 Å². The van der Waals surface area contributed by atoms with Crippen molar-refractivity contribution in [3.05, 3.63) is 45.3 Å². The lowest BCUT2D eigenvalue weighted by molar-refractivity contribution is -0.145. The number of nitrogens with zero attached hydrogens (tertiary/aromatic N) is 3. The molecule has 0 unspecified atom stereocenters. The molecule has 2 aromatic heterocycles. The van der Waals surface area contributed by atoms with Gasteiger partial charge in [-0.2, -0.15) is 13.2 Å². The molecule has 0 bridgehead atoms. The first-order valence-corrected chi connectivity index (χ1v) is 9.55. The third-order valence-corrected chi connectivity index (χ3v) is 5.54. The van der Waals surface area contributed by atoms with Crippen LogP contribution in [-0.2, 0) is 25.7 Å². The Morgan fingerprint density at radius 2 is 2.00 bits per heavy atom. The fraction of sp³-hybridized carbons (Fsp3) is 0.579. The number of rotatable bonds is 3. The molecule has 1 N–H and O–H groups in total. The number of aromatic amines is 1. The van der Waals surface area contributed by atoms with Crippen molar-refractivity contribution < 1.29 is 17.6 Å². The minimum Gasteiger partial charge on any atom is -0.444 e. The number of piperidine rings is 1. The fourth-order valence-electron chi connectivity index (χ4n) is 3.82. The number of H-pyrrole nitrogens is 1. The Bertz CT molecular complexity index is 897. The van der Waals surface area contributed by atoms with Gasteiger partial charge in [0.1, 0.15) is 5.76 Å². The molecule has 0 spiro atoms. The second kappa shape index (κ2) is 7.27. The smallest absolute Gasteiger partial charge is 0.444 e. The summed E-state index contributed by atoms with van der Waals surface area (Å²) in [5.41, 5.74) is -0.185. The Morgan fingerprint density at radius 1 is 1.25 bits per heavy atom. The molecule has 28 heavy (non-hydrogen) atoms. The van der Waals surface area contributed by atoms with E-state index < -0.39 is 17.6 Å². The van der Waals surface area contributed by atoms with Gasteiger partial charge >= 0.3 is 6.18 Å². The first kappa shape index (κ1) is 19.0. The summed E-state index contributed by atoms with van der Waals surface area (Å²) in [6.45, 7) is 5.50. The molecule has 0 atom stereocenters. The maximum Gasteiger partial charge on any atom is 0.449 e. The number of anilines is 1. The van der Waals surface area contributed by atoms with Crippen molar-refractivity contribution in [3.63, 3.8) is 0 Å². The van der Waals surface area contributed by atoms with Gasteiger partial charge in [0, 0.05) is 38.7 Å². The van der Waals surface area contributed by atoms with E-state index in [9.17, 15) is 18.0 Å². The quantitative estimate of drug-likeness (QED) is 0.863. The zero-order chi connectivity index (χ0) is 19.9. The minimum absolute atomic E-state index is 0.231. The van der Waals surface area contributed by atoms with Crippen LogP contribution >= 0.6 is 0 Å². The van der Waals surface area contributed by atoms with E-state index in [0.717, 1.165) is 43.5 Å². The van der Waals surface area contributed by atoms with Crippen LogP contribution in [0.5, 0.6) is 0 Å². The Kier molecular flexibility index (Phi) is 4.95. The van der Waals surface area contributed by atoms with Crippen molar-refractivity contribution in [2.75, 3.05) is 24.5 Å². The zero-order valence-electron chi connectivity index (χ0n) is 15.7. The Labute approximate surface area is 160 Å². The lowest BCUT2D eigenvalue weighted by Gasteiger charge is -2.30. The summed E-state index contributed by atoms with van der Waals surface area (Å²) in [6.07, 6.45) is -2.05. The van der Waals surface area contributed by atoms with Crippen molar-refractivity contribution in [1.29, 1.82) is 0 Å². The van der Waals surface area contributed by atoms with E-state index in [1.165, 1.54) is 0 Å². The van der Waals surface area contributed by atoms with E-state index in [2.05, 4.69) is 16.8 Å². The Morgan fingerprint density at radius 3 is 2.71 bits per heavy atom. The normalized spacial score (nSPS) is 19.1. The largest absolute Gasteiger partial charge is 0.449 e. The molecule has 0 aromatic carbocycles. The highest BCUT2D eigenvalue weighted by molar-refractivity contribution is 5.37. The van der Waals surface area contributed by atoms with Gasteiger partial charge in [-0.3, -0.25) is 9.69 Å². The van der Waals surface area contributed by atoms with Crippen molar-refractivity contribution in [2.45, 2.75) is 45.5 Å². The highest BCUT2D eigenvalue weighted by atomic mass is 19.4. The average molecular weight is 396 g/mol. The van der Waals surface area contributed by atoms with E-state index in [1.54, 1.807) is 0 Å². The van der Waals surface area contributed by atoms with Crippen molar-refractivity contribution in [1.82, 2.24) is 14.9 Å². The van der Waals surface area contributed by atoms with Crippen LogP contribution in [0.3, 0.4) is 0 Å². The van der Waals surface area contributed by atoms with Gasteiger partial charge < -0.3 is 14.3 Å². The van der Waals surface area contributed by atoms with E-state index in [-0.39, 0.29) is 12.2 Å². The van der Waals surface area contributed by atoms with Gasteiger partial charge in [0.2, 0.25) is 5.82 Å². The second-order valence-electron chi connectivity index (χ2n) is 7.71. The summed E-state index contributed by atoms with van der Waals surface area (Å²) < 4.78 is 44.4. The molecule has 1 saturated heterocycles. The van der Waals surface area contributed by atoms with Crippen molar-refractivity contribution in [2.24, 2.45) is 5.92 Å². The maximum atomic E-state index is 12.8. The first-order chi connectivity index (χ1) is 13.3. The summed E-state index contributed by atoms with van der Waals surface area (Å²) >= 11 is 0. The third-order valence-electron chi connectivity index (χ3n) is 5.54. The SMILES string of the molecule is CC1CCN(c2ccc(CN3CCc4nc(C(F)(F)F)[nH]c(=O)c4C3)o2)CC1. The minimum atomic E-state index is -4.65. The number of halogens is 3. The van der Waals surface area contributed by atoms with Gasteiger partial charge in [0.25, 0.3) is 5.56 Å². The molecule has 2 aromatic rings. The summed E-state index contributed by atoms with van der Waals surface area (Å²) in [4.78, 5) is 21.8. The molecule has 0 amide bonds. The molecular weight excluding hydrogens is 373 g/mol. The van der Waals surface area contributed by atoms with Crippen LogP contribution in [0.2, 0.25) is 0 Å². The van der Waals surface area contributed by atoms with Crippen LogP contribution in [0.1, 0.15) is 42.6 Å². The van der Waals surface area contributed by atoms with Gasteiger partial charge in [-0.05, 0) is 24.8 Å². The van der Waals surface area contributed by atoms with Crippen molar-refractivity contribution in [3.8, 4) is 0 Å². The standard InChI is InChI=1S/C19H23F3N4O2/c1-12-4-8-26(9-5-12)16-3-2-13(28-16)10-25-7-6-15-14(11-25)17(27)24-18(23-15)19(20,21)22/h2-3,12H,4-11H2,1H3,(H,23,24,27). The molecule has 2 aliphatic heterocycles. The summed E-state index contributed by atoms with van der Waals surface area (Å²) in [7, 11) is 0. The number of fused-ring (bicyclic) bond motifs is 1. The molecule has 6 nitrogen and oxygen atoms in total. The molecular formula is C19H23F3N4O2. The molecule has 4 heterocycles. The summed E-state index contributed by atoms with van der Waals surface area (Å²) in [5, 5.41) is 0. The monoisotopic (exact) mass is 396 g/mol. The van der Waals surface area contributed by atoms with Crippen LogP contribution in [0, 0.1) is 5.92 Å². The van der Waals surface area contributed by atoms with E-state index in [1.807, 2.05) is 22.0 Å². The van der Waals surface area contributed by atoms with Crippen molar-refractivity contribution >= 4 is 5.88 Å². The van der Waals surface area contributed by atoms with Crippen LogP contribution in [0.15, 0.2) is 21.3 Å². The fourth-order valence-corrected chi connectivity index (χ4v) is 3.82. The van der Waals surface area contributed by atoms with Crippen LogP contribution in [0.25, 0.3) is 0 Å². The molecule has 152 valence electrons. The highest BCUT2D eigenvalue weighted by Gasteiger charge is 2.36. The van der Waals surface area contributed by atoms with Gasteiger partial charge in [-0.15, -0.1) is 0 Å². The molecule has 0 radical (unpaired) electrons. The number of hydrogen-bond donors (Lipinski definition) is 1. The van der Waals surface area contributed by atoms with Gasteiger partial charge in [0.15, 0.2) is 5.88 Å². The second-order valence-corrected chi connectivity index (χ2v) is 7.71. The van der Waals surface area contributed by atoms with E-state index >= 15 is 0 Å². The molecule has 1 fully saturated rings. The van der Waals surface area contributed by atoms with Crippen LogP contribution in [-0.4, -0.2) is 34.5 Å². The Hall–Kier alpha value is -2.29. The van der Waals surface area contributed by atoms with Gasteiger partial charge in [0.05, 0.1) is 17.8 Å². The lowest BCUT2D eigenvalue weighted by atomic mass is 9.99. The van der Waals surface area contributed by atoms with E-state index in [0.29, 0.717) is 25.1 Å². The molecule has 0 saturated carbocycles. The van der Waals surface area contributed by atoms with Crippen LogP contribution in [0.4, 0.5) is 19.1 Å². The number of furan rings is 1.